The number of hydrogen-bond acceptors (Lipinski definition) is 2. The summed E-state index contributed by atoms with van der Waals surface area (Å²) in [6.45, 7) is 3.93. The zero-order chi connectivity index (χ0) is 13.1. The Morgan fingerprint density at radius 1 is 1.33 bits per heavy atom. The Bertz CT molecular complexity index is 575. The van der Waals surface area contributed by atoms with E-state index in [0.717, 1.165) is 27.9 Å². The molecule has 2 rings (SSSR count). The standard InChI is InChI=1S/C14H14BrNO2/c1-3-10-7-8-13(18-10)14(17)16-12-6-4-5-11(15)9(12)2/h4-8H,3H2,1-2H3,(H,16,17). The topological polar surface area (TPSA) is 42.2 Å². The largest absolute Gasteiger partial charge is 0.456 e. The molecule has 0 unspecified atom stereocenters. The van der Waals surface area contributed by atoms with Gasteiger partial charge in [0.15, 0.2) is 5.76 Å². The molecule has 1 heterocycles. The average Bonchev–Trinajstić information content (AvgIpc) is 2.83. The first-order valence-electron chi connectivity index (χ1n) is 5.77. The maximum Gasteiger partial charge on any atom is 0.291 e. The number of rotatable bonds is 3. The number of anilines is 1. The zero-order valence-electron chi connectivity index (χ0n) is 10.3. The smallest absolute Gasteiger partial charge is 0.291 e. The highest BCUT2D eigenvalue weighted by molar-refractivity contribution is 9.10. The molecule has 0 aliphatic heterocycles. The van der Waals surface area contributed by atoms with Crippen molar-refractivity contribution in [3.8, 4) is 0 Å². The summed E-state index contributed by atoms with van der Waals surface area (Å²) in [6, 6.07) is 9.20. The average molecular weight is 308 g/mol. The summed E-state index contributed by atoms with van der Waals surface area (Å²) >= 11 is 3.43. The molecule has 0 fully saturated rings. The van der Waals surface area contributed by atoms with Crippen LogP contribution in [0.25, 0.3) is 0 Å². The van der Waals surface area contributed by atoms with E-state index < -0.39 is 0 Å². The summed E-state index contributed by atoms with van der Waals surface area (Å²) in [5.41, 5.74) is 1.77. The first-order chi connectivity index (χ1) is 8.61. The van der Waals surface area contributed by atoms with E-state index in [1.807, 2.05) is 38.1 Å². The second-order valence-electron chi connectivity index (χ2n) is 3.99. The Balaban J connectivity index is 2.18. The molecular weight excluding hydrogens is 294 g/mol. The number of carbonyl (C=O) groups excluding carboxylic acids is 1. The highest BCUT2D eigenvalue weighted by atomic mass is 79.9. The lowest BCUT2D eigenvalue weighted by molar-refractivity contribution is 0.0995. The molecule has 0 radical (unpaired) electrons. The molecule has 1 amide bonds. The summed E-state index contributed by atoms with van der Waals surface area (Å²) in [7, 11) is 0. The van der Waals surface area contributed by atoms with Gasteiger partial charge in [0.25, 0.3) is 5.91 Å². The van der Waals surface area contributed by atoms with Gasteiger partial charge in [-0.25, -0.2) is 0 Å². The van der Waals surface area contributed by atoms with Gasteiger partial charge in [-0.3, -0.25) is 4.79 Å². The van der Waals surface area contributed by atoms with Crippen LogP contribution < -0.4 is 5.32 Å². The van der Waals surface area contributed by atoms with Gasteiger partial charge in [-0.05, 0) is 36.8 Å². The maximum absolute atomic E-state index is 12.0. The van der Waals surface area contributed by atoms with E-state index in [4.69, 9.17) is 4.42 Å². The van der Waals surface area contributed by atoms with Crippen LogP contribution in [0, 0.1) is 6.92 Å². The van der Waals surface area contributed by atoms with Crippen molar-refractivity contribution in [3.05, 3.63) is 51.9 Å². The van der Waals surface area contributed by atoms with Gasteiger partial charge < -0.3 is 9.73 Å². The number of halogens is 1. The molecule has 3 nitrogen and oxygen atoms in total. The second kappa shape index (κ2) is 5.40. The molecule has 0 saturated heterocycles. The van der Waals surface area contributed by atoms with Gasteiger partial charge in [-0.15, -0.1) is 0 Å². The Morgan fingerprint density at radius 3 is 2.78 bits per heavy atom. The van der Waals surface area contributed by atoms with Crippen molar-refractivity contribution in [2.45, 2.75) is 20.3 Å². The fourth-order valence-electron chi connectivity index (χ4n) is 1.62. The van der Waals surface area contributed by atoms with E-state index in [2.05, 4.69) is 21.2 Å². The Morgan fingerprint density at radius 2 is 2.11 bits per heavy atom. The van der Waals surface area contributed by atoms with Crippen molar-refractivity contribution in [1.29, 1.82) is 0 Å². The van der Waals surface area contributed by atoms with Crippen LogP contribution in [0.1, 0.15) is 28.8 Å². The fraction of sp³-hybridized carbons (Fsp3) is 0.214. The van der Waals surface area contributed by atoms with Crippen LogP contribution in [0.2, 0.25) is 0 Å². The summed E-state index contributed by atoms with van der Waals surface area (Å²) in [5, 5.41) is 2.84. The second-order valence-corrected chi connectivity index (χ2v) is 4.84. The molecule has 18 heavy (non-hydrogen) atoms. The molecule has 0 bridgehead atoms. The van der Waals surface area contributed by atoms with Crippen molar-refractivity contribution < 1.29 is 9.21 Å². The highest BCUT2D eigenvalue weighted by Gasteiger charge is 2.12. The van der Waals surface area contributed by atoms with Crippen molar-refractivity contribution in [1.82, 2.24) is 0 Å². The van der Waals surface area contributed by atoms with Crippen LogP contribution in [0.5, 0.6) is 0 Å². The predicted octanol–water partition coefficient (Wildman–Crippen LogP) is 4.17. The Kier molecular flexibility index (Phi) is 3.87. The van der Waals surface area contributed by atoms with Crippen LogP contribution in [0.3, 0.4) is 0 Å². The van der Waals surface area contributed by atoms with Gasteiger partial charge in [0.2, 0.25) is 0 Å². The fourth-order valence-corrected chi connectivity index (χ4v) is 1.98. The molecule has 2 aromatic rings. The summed E-state index contributed by atoms with van der Waals surface area (Å²) < 4.78 is 6.38. The van der Waals surface area contributed by atoms with Crippen molar-refractivity contribution >= 4 is 27.5 Å². The number of carbonyl (C=O) groups is 1. The van der Waals surface area contributed by atoms with Crippen LogP contribution in [0.4, 0.5) is 5.69 Å². The van der Waals surface area contributed by atoms with Crippen molar-refractivity contribution in [2.24, 2.45) is 0 Å². The predicted molar refractivity (Wildman–Crippen MR) is 74.9 cm³/mol. The number of nitrogens with one attached hydrogen (secondary N) is 1. The molecule has 94 valence electrons. The van der Waals surface area contributed by atoms with Gasteiger partial charge in [-0.1, -0.05) is 28.9 Å². The number of furan rings is 1. The van der Waals surface area contributed by atoms with Crippen molar-refractivity contribution in [2.75, 3.05) is 5.32 Å². The minimum Gasteiger partial charge on any atom is -0.456 e. The first kappa shape index (κ1) is 12.9. The quantitative estimate of drug-likeness (QED) is 0.925. The van der Waals surface area contributed by atoms with E-state index >= 15 is 0 Å². The third-order valence-corrected chi connectivity index (χ3v) is 3.61. The summed E-state index contributed by atoms with van der Waals surface area (Å²) in [4.78, 5) is 12.0. The Labute approximate surface area is 114 Å². The van der Waals surface area contributed by atoms with Crippen LogP contribution in [-0.2, 0) is 6.42 Å². The summed E-state index contributed by atoms with van der Waals surface area (Å²) in [6.07, 6.45) is 0.781. The monoisotopic (exact) mass is 307 g/mol. The van der Waals surface area contributed by atoms with Gasteiger partial charge >= 0.3 is 0 Å². The molecule has 1 aromatic carbocycles. The number of amides is 1. The maximum atomic E-state index is 12.0. The number of aryl methyl sites for hydroxylation is 1. The third kappa shape index (κ3) is 2.64. The van der Waals surface area contributed by atoms with E-state index in [9.17, 15) is 4.79 Å². The van der Waals surface area contributed by atoms with Crippen LogP contribution in [-0.4, -0.2) is 5.91 Å². The first-order valence-corrected chi connectivity index (χ1v) is 6.56. The van der Waals surface area contributed by atoms with Crippen molar-refractivity contribution in [3.63, 3.8) is 0 Å². The van der Waals surface area contributed by atoms with Crippen LogP contribution >= 0.6 is 15.9 Å². The van der Waals surface area contributed by atoms with E-state index in [1.54, 1.807) is 6.07 Å². The molecule has 0 aliphatic rings. The zero-order valence-corrected chi connectivity index (χ0v) is 11.9. The molecule has 0 spiro atoms. The molecule has 0 atom stereocenters. The summed E-state index contributed by atoms with van der Waals surface area (Å²) in [5.74, 6) is 0.924. The third-order valence-electron chi connectivity index (χ3n) is 2.75. The minimum absolute atomic E-state index is 0.226. The number of hydrogen-bond donors (Lipinski definition) is 1. The minimum atomic E-state index is -0.226. The normalized spacial score (nSPS) is 10.4. The highest BCUT2D eigenvalue weighted by Crippen LogP contribution is 2.24. The van der Waals surface area contributed by atoms with E-state index in [-0.39, 0.29) is 5.91 Å². The molecule has 0 saturated carbocycles. The molecule has 1 N–H and O–H groups in total. The van der Waals surface area contributed by atoms with Gasteiger partial charge in [-0.2, -0.15) is 0 Å². The van der Waals surface area contributed by atoms with Gasteiger partial charge in [0.05, 0.1) is 0 Å². The lowest BCUT2D eigenvalue weighted by Gasteiger charge is -2.08. The van der Waals surface area contributed by atoms with E-state index in [1.165, 1.54) is 0 Å². The Hall–Kier alpha value is -1.55. The number of benzene rings is 1. The molecule has 0 aliphatic carbocycles. The van der Waals surface area contributed by atoms with E-state index in [0.29, 0.717) is 5.76 Å². The lowest BCUT2D eigenvalue weighted by Crippen LogP contribution is -2.11. The molecule has 1 aromatic heterocycles. The van der Waals surface area contributed by atoms with Crippen LogP contribution in [0.15, 0.2) is 39.2 Å². The molecule has 4 heteroatoms. The van der Waals surface area contributed by atoms with Gasteiger partial charge in [0.1, 0.15) is 5.76 Å². The lowest BCUT2D eigenvalue weighted by atomic mass is 10.2. The SMILES string of the molecule is CCc1ccc(C(=O)Nc2cccc(Br)c2C)o1. The molecular formula is C14H14BrNO2. The van der Waals surface area contributed by atoms with Gasteiger partial charge in [0, 0.05) is 16.6 Å².